The molecule has 0 amide bonds. The lowest BCUT2D eigenvalue weighted by atomic mass is 10.1. The van der Waals surface area contributed by atoms with E-state index in [0.717, 1.165) is 34.7 Å². The number of thiophene rings is 1. The molecule has 1 N–H and O–H groups in total. The number of benzene rings is 1. The van der Waals surface area contributed by atoms with Gasteiger partial charge in [-0.2, -0.15) is 0 Å². The number of methoxy groups -OCH3 is 1. The van der Waals surface area contributed by atoms with Gasteiger partial charge in [0.05, 0.1) is 17.3 Å². The zero-order valence-corrected chi connectivity index (χ0v) is 12.9. The van der Waals surface area contributed by atoms with Crippen LogP contribution in [0, 0.1) is 6.92 Å². The van der Waals surface area contributed by atoms with Gasteiger partial charge >= 0.3 is 0 Å². The zero-order chi connectivity index (χ0) is 14.7. The van der Waals surface area contributed by atoms with Crippen LogP contribution in [0.2, 0.25) is 0 Å². The third-order valence-electron chi connectivity index (χ3n) is 3.40. The Balaban J connectivity index is 1.66. The quantitative estimate of drug-likeness (QED) is 0.781. The van der Waals surface area contributed by atoms with Crippen molar-refractivity contribution in [2.24, 2.45) is 0 Å². The SMILES string of the molecule is COc1ccc(CCNc2ncnc3c(C)csc23)cc1. The number of nitrogens with zero attached hydrogens (tertiary/aromatic N) is 2. The Labute approximate surface area is 127 Å². The number of rotatable bonds is 5. The van der Waals surface area contributed by atoms with Crippen molar-refractivity contribution in [2.75, 3.05) is 19.0 Å². The Bertz CT molecular complexity index is 737. The van der Waals surface area contributed by atoms with Crippen LogP contribution in [0.1, 0.15) is 11.1 Å². The fourth-order valence-corrected chi connectivity index (χ4v) is 3.18. The number of aryl methyl sites for hydroxylation is 1. The van der Waals surface area contributed by atoms with Crippen LogP contribution in [0.3, 0.4) is 0 Å². The predicted octanol–water partition coefficient (Wildman–Crippen LogP) is 3.66. The molecule has 0 bridgehead atoms. The molecule has 5 heteroatoms. The molecule has 0 fully saturated rings. The van der Waals surface area contributed by atoms with Gasteiger partial charge in [0, 0.05) is 6.54 Å². The van der Waals surface area contributed by atoms with E-state index in [9.17, 15) is 0 Å². The molecule has 0 radical (unpaired) electrons. The van der Waals surface area contributed by atoms with Gasteiger partial charge in [0.25, 0.3) is 0 Å². The summed E-state index contributed by atoms with van der Waals surface area (Å²) in [4.78, 5) is 8.68. The van der Waals surface area contributed by atoms with E-state index in [1.54, 1.807) is 24.8 Å². The molecule has 0 aliphatic carbocycles. The molecule has 0 aliphatic heterocycles. The Morgan fingerprint density at radius 2 is 2.00 bits per heavy atom. The van der Waals surface area contributed by atoms with Crippen molar-refractivity contribution in [1.82, 2.24) is 9.97 Å². The predicted molar refractivity (Wildman–Crippen MR) is 87.3 cm³/mol. The molecule has 0 spiro atoms. The van der Waals surface area contributed by atoms with Gasteiger partial charge in [-0.3, -0.25) is 0 Å². The molecule has 108 valence electrons. The Morgan fingerprint density at radius 3 is 2.76 bits per heavy atom. The minimum atomic E-state index is 0.843. The normalized spacial score (nSPS) is 10.8. The van der Waals surface area contributed by atoms with Crippen LogP contribution in [0.5, 0.6) is 5.75 Å². The second-order valence-electron chi connectivity index (χ2n) is 4.84. The van der Waals surface area contributed by atoms with Crippen LogP contribution in [-0.4, -0.2) is 23.6 Å². The molecule has 0 unspecified atom stereocenters. The van der Waals surface area contributed by atoms with Crippen molar-refractivity contribution in [3.05, 3.63) is 47.1 Å². The standard InChI is InChI=1S/C16H17N3OS/c1-11-9-21-15-14(11)18-10-19-16(15)17-8-7-12-3-5-13(20-2)6-4-12/h3-6,9-10H,7-8H2,1-2H3,(H,17,18,19). The molecule has 0 saturated carbocycles. The maximum absolute atomic E-state index is 5.16. The van der Waals surface area contributed by atoms with Crippen molar-refractivity contribution < 1.29 is 4.74 Å². The highest BCUT2D eigenvalue weighted by Gasteiger charge is 2.07. The number of ether oxygens (including phenoxy) is 1. The molecule has 4 nitrogen and oxygen atoms in total. The van der Waals surface area contributed by atoms with Crippen LogP contribution >= 0.6 is 11.3 Å². The summed E-state index contributed by atoms with van der Waals surface area (Å²) in [6, 6.07) is 8.15. The Hall–Kier alpha value is -2.14. The third kappa shape index (κ3) is 2.97. The van der Waals surface area contributed by atoms with E-state index in [1.165, 1.54) is 11.1 Å². The number of anilines is 1. The maximum Gasteiger partial charge on any atom is 0.147 e. The highest BCUT2D eigenvalue weighted by Crippen LogP contribution is 2.28. The van der Waals surface area contributed by atoms with Crippen LogP contribution < -0.4 is 10.1 Å². The van der Waals surface area contributed by atoms with Crippen molar-refractivity contribution in [2.45, 2.75) is 13.3 Å². The van der Waals surface area contributed by atoms with Crippen molar-refractivity contribution in [3.63, 3.8) is 0 Å². The first-order valence-electron chi connectivity index (χ1n) is 6.83. The Kier molecular flexibility index (Phi) is 4.01. The van der Waals surface area contributed by atoms with Crippen molar-refractivity contribution >= 4 is 27.4 Å². The summed E-state index contributed by atoms with van der Waals surface area (Å²) in [5.41, 5.74) is 3.52. The summed E-state index contributed by atoms with van der Waals surface area (Å²) in [6.45, 7) is 2.92. The van der Waals surface area contributed by atoms with E-state index in [4.69, 9.17) is 4.74 Å². The van der Waals surface area contributed by atoms with Gasteiger partial charge in [-0.15, -0.1) is 11.3 Å². The first kappa shape index (κ1) is 13.8. The number of nitrogens with one attached hydrogen (secondary N) is 1. The van der Waals surface area contributed by atoms with Crippen molar-refractivity contribution in [1.29, 1.82) is 0 Å². The molecule has 2 heterocycles. The smallest absolute Gasteiger partial charge is 0.147 e. The first-order chi connectivity index (χ1) is 10.3. The summed E-state index contributed by atoms with van der Waals surface area (Å²) in [6.07, 6.45) is 2.57. The summed E-state index contributed by atoms with van der Waals surface area (Å²) in [5.74, 6) is 1.81. The van der Waals surface area contributed by atoms with Gasteiger partial charge in [-0.25, -0.2) is 9.97 Å². The van der Waals surface area contributed by atoms with Crippen LogP contribution in [-0.2, 0) is 6.42 Å². The van der Waals surface area contributed by atoms with Crippen LogP contribution in [0.15, 0.2) is 36.0 Å². The number of fused-ring (bicyclic) bond motifs is 1. The van der Waals surface area contributed by atoms with Gasteiger partial charge in [0.1, 0.15) is 17.9 Å². The number of aromatic nitrogens is 2. The lowest BCUT2D eigenvalue weighted by Crippen LogP contribution is -2.06. The monoisotopic (exact) mass is 299 g/mol. The average molecular weight is 299 g/mol. The van der Waals surface area contributed by atoms with Gasteiger partial charge in [0.2, 0.25) is 0 Å². The highest BCUT2D eigenvalue weighted by atomic mass is 32.1. The molecule has 3 aromatic rings. The lowest BCUT2D eigenvalue weighted by Gasteiger charge is -2.07. The first-order valence-corrected chi connectivity index (χ1v) is 7.71. The van der Waals surface area contributed by atoms with Gasteiger partial charge in [0.15, 0.2) is 0 Å². The third-order valence-corrected chi connectivity index (χ3v) is 4.49. The second-order valence-corrected chi connectivity index (χ2v) is 5.72. The minimum absolute atomic E-state index is 0.843. The zero-order valence-electron chi connectivity index (χ0n) is 12.1. The molecule has 21 heavy (non-hydrogen) atoms. The number of hydrogen-bond acceptors (Lipinski definition) is 5. The van der Waals surface area contributed by atoms with Crippen molar-refractivity contribution in [3.8, 4) is 5.75 Å². The fourth-order valence-electron chi connectivity index (χ4n) is 2.21. The van der Waals surface area contributed by atoms with E-state index in [2.05, 4.69) is 39.7 Å². The van der Waals surface area contributed by atoms with Gasteiger partial charge in [-0.1, -0.05) is 12.1 Å². The molecule has 2 aromatic heterocycles. The topological polar surface area (TPSA) is 47.0 Å². The second kappa shape index (κ2) is 6.10. The van der Waals surface area contributed by atoms with Crippen LogP contribution in [0.25, 0.3) is 10.2 Å². The highest BCUT2D eigenvalue weighted by molar-refractivity contribution is 7.18. The van der Waals surface area contributed by atoms with Crippen LogP contribution in [0.4, 0.5) is 5.82 Å². The summed E-state index contributed by atoms with van der Waals surface area (Å²) < 4.78 is 6.29. The molecule has 0 atom stereocenters. The molecule has 1 aromatic carbocycles. The van der Waals surface area contributed by atoms with E-state index >= 15 is 0 Å². The summed E-state index contributed by atoms with van der Waals surface area (Å²) >= 11 is 1.69. The minimum Gasteiger partial charge on any atom is -0.497 e. The summed E-state index contributed by atoms with van der Waals surface area (Å²) in [5, 5.41) is 5.53. The van der Waals surface area contributed by atoms with E-state index in [-0.39, 0.29) is 0 Å². The van der Waals surface area contributed by atoms with Gasteiger partial charge in [-0.05, 0) is 42.0 Å². The maximum atomic E-state index is 5.16. The largest absolute Gasteiger partial charge is 0.497 e. The molecular weight excluding hydrogens is 282 g/mol. The lowest BCUT2D eigenvalue weighted by molar-refractivity contribution is 0.414. The molecule has 0 aliphatic rings. The average Bonchev–Trinajstić information content (AvgIpc) is 2.91. The Morgan fingerprint density at radius 1 is 1.19 bits per heavy atom. The van der Waals surface area contributed by atoms with E-state index in [1.807, 2.05) is 12.1 Å². The fraction of sp³-hybridized carbons (Fsp3) is 0.250. The number of hydrogen-bond donors (Lipinski definition) is 1. The molecule has 0 saturated heterocycles. The van der Waals surface area contributed by atoms with E-state index < -0.39 is 0 Å². The van der Waals surface area contributed by atoms with E-state index in [0.29, 0.717) is 0 Å². The molecule has 3 rings (SSSR count). The molecular formula is C16H17N3OS. The van der Waals surface area contributed by atoms with Gasteiger partial charge < -0.3 is 10.1 Å². The summed E-state index contributed by atoms with van der Waals surface area (Å²) in [7, 11) is 1.68.